The Balaban J connectivity index is 1.40. The first-order chi connectivity index (χ1) is 11.8. The number of likely N-dealkylation sites (tertiary alicyclic amines) is 1. The van der Waals surface area contributed by atoms with Crippen molar-refractivity contribution < 1.29 is 9.47 Å². The van der Waals surface area contributed by atoms with E-state index >= 15 is 0 Å². The maximum Gasteiger partial charge on any atom is 0.193 e. The third kappa shape index (κ3) is 4.85. The van der Waals surface area contributed by atoms with Gasteiger partial charge in [0.05, 0.1) is 12.7 Å². The Morgan fingerprint density at radius 2 is 2.17 bits per heavy atom. The minimum absolute atomic E-state index is 0.389. The quantitative estimate of drug-likeness (QED) is 0.460. The van der Waals surface area contributed by atoms with Gasteiger partial charge in [-0.3, -0.25) is 4.99 Å². The number of hydrogen-bond donors (Lipinski definition) is 1. The van der Waals surface area contributed by atoms with E-state index in [1.54, 1.807) is 0 Å². The zero-order valence-corrected chi connectivity index (χ0v) is 15.4. The standard InChI is InChI=1S/C19H35N3O2/c1-2-20-18(22-12-9-19(15-22)10-14-23-16-19)21-11-6-13-24-17-7-4-3-5-8-17/h17H,2-16H2,1H3,(H,20,21). The highest BCUT2D eigenvalue weighted by atomic mass is 16.5. The van der Waals surface area contributed by atoms with E-state index in [0.717, 1.165) is 58.4 Å². The molecule has 1 saturated carbocycles. The van der Waals surface area contributed by atoms with Gasteiger partial charge in [-0.2, -0.15) is 0 Å². The fourth-order valence-electron chi connectivity index (χ4n) is 4.24. The Bertz CT molecular complexity index is 401. The van der Waals surface area contributed by atoms with Crippen LogP contribution in [0.4, 0.5) is 0 Å². The SMILES string of the molecule is CCNC(=NCCCOC1CCCCC1)N1CCC2(CCOC2)C1. The van der Waals surface area contributed by atoms with Crippen LogP contribution in [0.3, 0.4) is 0 Å². The molecule has 1 spiro atoms. The first-order valence-corrected chi connectivity index (χ1v) is 10.0. The Morgan fingerprint density at radius 1 is 1.29 bits per heavy atom. The van der Waals surface area contributed by atoms with Gasteiger partial charge in [0.15, 0.2) is 5.96 Å². The molecule has 5 heteroatoms. The number of ether oxygens (including phenoxy) is 2. The number of nitrogens with zero attached hydrogens (tertiary/aromatic N) is 2. The molecule has 2 heterocycles. The first-order valence-electron chi connectivity index (χ1n) is 10.0. The van der Waals surface area contributed by atoms with Gasteiger partial charge in [0.2, 0.25) is 0 Å². The summed E-state index contributed by atoms with van der Waals surface area (Å²) in [6, 6.07) is 0. The molecule has 0 bridgehead atoms. The molecule has 3 aliphatic rings. The van der Waals surface area contributed by atoms with Crippen molar-refractivity contribution in [1.29, 1.82) is 0 Å². The van der Waals surface area contributed by atoms with Crippen LogP contribution in [0.25, 0.3) is 0 Å². The number of aliphatic imine (C=N–C) groups is 1. The third-order valence-corrected chi connectivity index (χ3v) is 5.73. The monoisotopic (exact) mass is 337 g/mol. The lowest BCUT2D eigenvalue weighted by atomic mass is 9.87. The lowest BCUT2D eigenvalue weighted by Crippen LogP contribution is -2.41. The number of guanidine groups is 1. The van der Waals surface area contributed by atoms with Crippen molar-refractivity contribution in [3.8, 4) is 0 Å². The second kappa shape index (κ2) is 9.04. The molecule has 1 aliphatic carbocycles. The minimum Gasteiger partial charge on any atom is -0.381 e. The summed E-state index contributed by atoms with van der Waals surface area (Å²) in [4.78, 5) is 7.27. The normalized spacial score (nSPS) is 28.9. The van der Waals surface area contributed by atoms with Gasteiger partial charge in [0, 0.05) is 44.8 Å². The second-order valence-corrected chi connectivity index (χ2v) is 7.69. The topological polar surface area (TPSA) is 46.1 Å². The van der Waals surface area contributed by atoms with E-state index in [4.69, 9.17) is 14.5 Å². The van der Waals surface area contributed by atoms with Crippen LogP contribution in [0, 0.1) is 5.41 Å². The molecule has 138 valence electrons. The maximum atomic E-state index is 6.01. The van der Waals surface area contributed by atoms with Crippen molar-refractivity contribution in [1.82, 2.24) is 10.2 Å². The van der Waals surface area contributed by atoms with Crippen LogP contribution in [0.5, 0.6) is 0 Å². The fourth-order valence-corrected chi connectivity index (χ4v) is 4.24. The molecule has 0 amide bonds. The molecular weight excluding hydrogens is 302 g/mol. The van der Waals surface area contributed by atoms with Gasteiger partial charge in [-0.15, -0.1) is 0 Å². The summed E-state index contributed by atoms with van der Waals surface area (Å²) in [5.74, 6) is 1.08. The summed E-state index contributed by atoms with van der Waals surface area (Å²) in [5.41, 5.74) is 0.389. The molecule has 3 fully saturated rings. The summed E-state index contributed by atoms with van der Waals surface area (Å²) in [6.07, 6.45) is 10.6. The van der Waals surface area contributed by atoms with Gasteiger partial charge in [-0.05, 0) is 39.0 Å². The van der Waals surface area contributed by atoms with E-state index in [1.807, 2.05) is 0 Å². The molecule has 5 nitrogen and oxygen atoms in total. The molecule has 1 unspecified atom stereocenters. The summed E-state index contributed by atoms with van der Waals surface area (Å²) in [6.45, 7) is 8.84. The van der Waals surface area contributed by atoms with Crippen molar-refractivity contribution in [3.05, 3.63) is 0 Å². The van der Waals surface area contributed by atoms with Crippen molar-refractivity contribution >= 4 is 5.96 Å². The lowest BCUT2D eigenvalue weighted by Gasteiger charge is -2.25. The van der Waals surface area contributed by atoms with E-state index in [0.29, 0.717) is 11.5 Å². The van der Waals surface area contributed by atoms with E-state index in [1.165, 1.54) is 44.9 Å². The highest BCUT2D eigenvalue weighted by molar-refractivity contribution is 5.80. The molecule has 2 aliphatic heterocycles. The van der Waals surface area contributed by atoms with E-state index in [-0.39, 0.29) is 0 Å². The molecule has 0 aromatic carbocycles. The molecule has 0 radical (unpaired) electrons. The van der Waals surface area contributed by atoms with Crippen molar-refractivity contribution in [2.75, 3.05) is 46.0 Å². The minimum atomic E-state index is 0.389. The smallest absolute Gasteiger partial charge is 0.193 e. The molecule has 24 heavy (non-hydrogen) atoms. The third-order valence-electron chi connectivity index (χ3n) is 5.73. The van der Waals surface area contributed by atoms with Gasteiger partial charge in [-0.25, -0.2) is 0 Å². The predicted octanol–water partition coefficient (Wildman–Crippen LogP) is 2.80. The van der Waals surface area contributed by atoms with Gasteiger partial charge >= 0.3 is 0 Å². The van der Waals surface area contributed by atoms with Crippen LogP contribution in [0.2, 0.25) is 0 Å². The number of hydrogen-bond acceptors (Lipinski definition) is 3. The first kappa shape index (κ1) is 18.0. The van der Waals surface area contributed by atoms with Crippen molar-refractivity contribution in [3.63, 3.8) is 0 Å². The Hall–Kier alpha value is -0.810. The van der Waals surface area contributed by atoms with Crippen LogP contribution < -0.4 is 5.32 Å². The molecule has 0 aromatic rings. The van der Waals surface area contributed by atoms with Crippen LogP contribution in [0.1, 0.15) is 58.3 Å². The predicted molar refractivity (Wildman–Crippen MR) is 97.5 cm³/mol. The molecule has 1 N–H and O–H groups in total. The molecule has 3 rings (SSSR count). The van der Waals surface area contributed by atoms with Crippen LogP contribution in [-0.4, -0.2) is 63.0 Å². The summed E-state index contributed by atoms with van der Waals surface area (Å²) < 4.78 is 11.6. The van der Waals surface area contributed by atoms with E-state index < -0.39 is 0 Å². The van der Waals surface area contributed by atoms with Crippen LogP contribution in [-0.2, 0) is 9.47 Å². The highest BCUT2D eigenvalue weighted by Crippen LogP contribution is 2.38. The van der Waals surface area contributed by atoms with Crippen LogP contribution >= 0.6 is 0 Å². The largest absolute Gasteiger partial charge is 0.381 e. The molecule has 0 aromatic heterocycles. The van der Waals surface area contributed by atoms with Crippen molar-refractivity contribution in [2.24, 2.45) is 10.4 Å². The van der Waals surface area contributed by atoms with E-state index in [9.17, 15) is 0 Å². The average molecular weight is 338 g/mol. The number of rotatable bonds is 6. The summed E-state index contributed by atoms with van der Waals surface area (Å²) >= 11 is 0. The summed E-state index contributed by atoms with van der Waals surface area (Å²) in [7, 11) is 0. The summed E-state index contributed by atoms with van der Waals surface area (Å²) in [5, 5.41) is 3.47. The van der Waals surface area contributed by atoms with Gasteiger partial charge in [-0.1, -0.05) is 19.3 Å². The van der Waals surface area contributed by atoms with Crippen LogP contribution in [0.15, 0.2) is 4.99 Å². The Morgan fingerprint density at radius 3 is 2.92 bits per heavy atom. The average Bonchev–Trinajstić information content (AvgIpc) is 3.25. The van der Waals surface area contributed by atoms with Gasteiger partial charge in [0.25, 0.3) is 0 Å². The number of nitrogens with one attached hydrogen (secondary N) is 1. The second-order valence-electron chi connectivity index (χ2n) is 7.69. The van der Waals surface area contributed by atoms with Gasteiger partial charge in [0.1, 0.15) is 0 Å². The van der Waals surface area contributed by atoms with Crippen molar-refractivity contribution in [2.45, 2.75) is 64.4 Å². The molecular formula is C19H35N3O2. The zero-order chi connectivity index (χ0) is 16.7. The Kier molecular flexibility index (Phi) is 6.78. The maximum absolute atomic E-state index is 6.01. The Labute approximate surface area is 147 Å². The lowest BCUT2D eigenvalue weighted by molar-refractivity contribution is 0.0281. The molecule has 2 saturated heterocycles. The highest BCUT2D eigenvalue weighted by Gasteiger charge is 2.42. The fraction of sp³-hybridized carbons (Fsp3) is 0.947. The van der Waals surface area contributed by atoms with Gasteiger partial charge < -0.3 is 19.7 Å². The molecule has 1 atom stereocenters. The van der Waals surface area contributed by atoms with E-state index in [2.05, 4.69) is 17.1 Å². The zero-order valence-electron chi connectivity index (χ0n) is 15.4.